The maximum atomic E-state index is 13.2. The SMILES string of the molecule is Fc1cccc(COc2ccc(CNc3ccc(Br)cc3)cc2Br)c1. The average molecular weight is 465 g/mol. The van der Waals surface area contributed by atoms with Gasteiger partial charge in [0.2, 0.25) is 0 Å². The summed E-state index contributed by atoms with van der Waals surface area (Å²) in [6, 6.07) is 20.4. The van der Waals surface area contributed by atoms with E-state index in [2.05, 4.69) is 37.2 Å². The molecule has 0 aliphatic heterocycles. The zero-order chi connectivity index (χ0) is 17.6. The van der Waals surface area contributed by atoms with E-state index in [1.165, 1.54) is 12.1 Å². The van der Waals surface area contributed by atoms with Crippen LogP contribution in [0.4, 0.5) is 10.1 Å². The lowest BCUT2D eigenvalue weighted by molar-refractivity contribution is 0.303. The Labute approximate surface area is 163 Å². The Morgan fingerprint density at radius 1 is 0.880 bits per heavy atom. The quantitative estimate of drug-likeness (QED) is 0.447. The van der Waals surface area contributed by atoms with Gasteiger partial charge in [-0.1, -0.05) is 34.1 Å². The summed E-state index contributed by atoms with van der Waals surface area (Å²) in [4.78, 5) is 0. The van der Waals surface area contributed by atoms with Crippen LogP contribution < -0.4 is 10.1 Å². The molecule has 0 radical (unpaired) electrons. The fourth-order valence-corrected chi connectivity index (χ4v) is 3.14. The van der Waals surface area contributed by atoms with Crippen LogP contribution in [0.5, 0.6) is 5.75 Å². The molecule has 0 amide bonds. The minimum Gasteiger partial charge on any atom is -0.488 e. The van der Waals surface area contributed by atoms with E-state index < -0.39 is 0 Å². The van der Waals surface area contributed by atoms with Crippen LogP contribution in [0.15, 0.2) is 75.7 Å². The predicted octanol–water partition coefficient (Wildman–Crippen LogP) is 6.54. The highest BCUT2D eigenvalue weighted by atomic mass is 79.9. The maximum absolute atomic E-state index is 13.2. The second kappa shape index (κ2) is 8.50. The van der Waals surface area contributed by atoms with E-state index in [0.717, 1.165) is 31.5 Å². The van der Waals surface area contributed by atoms with Crippen molar-refractivity contribution in [3.05, 3.63) is 92.6 Å². The Balaban J connectivity index is 1.59. The van der Waals surface area contributed by atoms with Gasteiger partial charge in [0.05, 0.1) is 4.47 Å². The van der Waals surface area contributed by atoms with Gasteiger partial charge in [-0.2, -0.15) is 0 Å². The summed E-state index contributed by atoms with van der Waals surface area (Å²) in [5.74, 6) is 0.478. The summed E-state index contributed by atoms with van der Waals surface area (Å²) >= 11 is 6.96. The molecule has 0 saturated carbocycles. The first-order valence-corrected chi connectivity index (χ1v) is 9.34. The molecule has 0 aliphatic rings. The number of nitrogens with one attached hydrogen (secondary N) is 1. The lowest BCUT2D eigenvalue weighted by Gasteiger charge is -2.11. The molecule has 0 unspecified atom stereocenters. The molecular weight excluding hydrogens is 449 g/mol. The lowest BCUT2D eigenvalue weighted by atomic mass is 10.2. The Morgan fingerprint density at radius 3 is 2.40 bits per heavy atom. The van der Waals surface area contributed by atoms with Gasteiger partial charge in [-0.3, -0.25) is 0 Å². The van der Waals surface area contributed by atoms with Gasteiger partial charge < -0.3 is 10.1 Å². The molecule has 25 heavy (non-hydrogen) atoms. The van der Waals surface area contributed by atoms with Gasteiger partial charge in [0.25, 0.3) is 0 Å². The molecule has 0 bridgehead atoms. The first-order valence-electron chi connectivity index (χ1n) is 7.75. The highest BCUT2D eigenvalue weighted by Crippen LogP contribution is 2.27. The molecule has 3 aromatic rings. The Morgan fingerprint density at radius 2 is 1.68 bits per heavy atom. The van der Waals surface area contributed by atoms with Crippen molar-refractivity contribution in [3.63, 3.8) is 0 Å². The Bertz CT molecular complexity index is 853. The molecule has 0 fully saturated rings. The van der Waals surface area contributed by atoms with Crippen LogP contribution in [-0.4, -0.2) is 0 Å². The predicted molar refractivity (Wildman–Crippen MR) is 106 cm³/mol. The molecule has 0 aliphatic carbocycles. The number of benzene rings is 3. The normalized spacial score (nSPS) is 10.5. The number of ether oxygens (including phenoxy) is 1. The summed E-state index contributed by atoms with van der Waals surface area (Å²) in [6.45, 7) is 1.04. The van der Waals surface area contributed by atoms with Crippen LogP contribution in [0.1, 0.15) is 11.1 Å². The summed E-state index contributed by atoms with van der Waals surface area (Å²) in [6.07, 6.45) is 0. The minimum atomic E-state index is -0.255. The zero-order valence-corrected chi connectivity index (χ0v) is 16.5. The monoisotopic (exact) mass is 463 g/mol. The van der Waals surface area contributed by atoms with Gasteiger partial charge in [-0.15, -0.1) is 0 Å². The van der Waals surface area contributed by atoms with E-state index in [0.29, 0.717) is 13.2 Å². The van der Waals surface area contributed by atoms with Crippen molar-refractivity contribution in [1.29, 1.82) is 0 Å². The van der Waals surface area contributed by atoms with Crippen molar-refractivity contribution in [3.8, 4) is 5.75 Å². The van der Waals surface area contributed by atoms with Crippen molar-refractivity contribution in [2.75, 3.05) is 5.32 Å². The van der Waals surface area contributed by atoms with Crippen LogP contribution in [-0.2, 0) is 13.2 Å². The van der Waals surface area contributed by atoms with Crippen molar-refractivity contribution in [2.45, 2.75) is 13.2 Å². The number of hydrogen-bond donors (Lipinski definition) is 1. The molecule has 5 heteroatoms. The number of rotatable bonds is 6. The summed E-state index contributed by atoms with van der Waals surface area (Å²) in [5, 5.41) is 3.37. The highest BCUT2D eigenvalue weighted by Gasteiger charge is 2.04. The molecule has 3 aromatic carbocycles. The molecule has 0 heterocycles. The standard InChI is InChI=1S/C20H16Br2FNO/c21-16-5-7-18(8-6-16)24-12-14-4-9-20(19(22)11-14)25-13-15-2-1-3-17(23)10-15/h1-11,24H,12-13H2. The fraction of sp³-hybridized carbons (Fsp3) is 0.100. The molecule has 3 rings (SSSR count). The first-order chi connectivity index (χ1) is 12.1. The van der Waals surface area contributed by atoms with E-state index in [-0.39, 0.29) is 5.82 Å². The molecule has 0 spiro atoms. The van der Waals surface area contributed by atoms with Crippen LogP contribution in [0.25, 0.3) is 0 Å². The van der Waals surface area contributed by atoms with Crippen molar-refractivity contribution in [1.82, 2.24) is 0 Å². The number of anilines is 1. The third-order valence-corrected chi connectivity index (χ3v) is 4.77. The lowest BCUT2D eigenvalue weighted by Crippen LogP contribution is -2.00. The molecule has 2 nitrogen and oxygen atoms in total. The minimum absolute atomic E-state index is 0.255. The molecule has 0 saturated heterocycles. The smallest absolute Gasteiger partial charge is 0.134 e. The van der Waals surface area contributed by atoms with E-state index in [1.807, 2.05) is 48.5 Å². The first kappa shape index (κ1) is 18.0. The van der Waals surface area contributed by atoms with Crippen LogP contribution in [0.3, 0.4) is 0 Å². The average Bonchev–Trinajstić information content (AvgIpc) is 2.60. The maximum Gasteiger partial charge on any atom is 0.134 e. The van der Waals surface area contributed by atoms with Gasteiger partial charge in [0.1, 0.15) is 18.2 Å². The highest BCUT2D eigenvalue weighted by molar-refractivity contribution is 9.10. The molecular formula is C20H16Br2FNO. The number of hydrogen-bond acceptors (Lipinski definition) is 2. The third-order valence-electron chi connectivity index (χ3n) is 3.62. The van der Waals surface area contributed by atoms with Gasteiger partial charge in [0.15, 0.2) is 0 Å². The van der Waals surface area contributed by atoms with Crippen molar-refractivity contribution in [2.24, 2.45) is 0 Å². The van der Waals surface area contributed by atoms with Crippen molar-refractivity contribution >= 4 is 37.5 Å². The topological polar surface area (TPSA) is 21.3 Å². The summed E-state index contributed by atoms with van der Waals surface area (Å²) in [7, 11) is 0. The number of halogens is 3. The Kier molecular flexibility index (Phi) is 6.10. The van der Waals surface area contributed by atoms with Gasteiger partial charge in [-0.25, -0.2) is 4.39 Å². The zero-order valence-electron chi connectivity index (χ0n) is 13.3. The van der Waals surface area contributed by atoms with E-state index in [9.17, 15) is 4.39 Å². The van der Waals surface area contributed by atoms with Gasteiger partial charge in [-0.05, 0) is 75.6 Å². The Hall–Kier alpha value is -1.85. The summed E-state index contributed by atoms with van der Waals surface area (Å²) < 4.78 is 20.9. The third kappa shape index (κ3) is 5.31. The summed E-state index contributed by atoms with van der Waals surface area (Å²) in [5.41, 5.74) is 2.99. The molecule has 0 aromatic heterocycles. The van der Waals surface area contributed by atoms with E-state index in [4.69, 9.17) is 4.74 Å². The van der Waals surface area contributed by atoms with Crippen molar-refractivity contribution < 1.29 is 9.13 Å². The van der Waals surface area contributed by atoms with E-state index >= 15 is 0 Å². The van der Waals surface area contributed by atoms with E-state index in [1.54, 1.807) is 6.07 Å². The second-order valence-electron chi connectivity index (χ2n) is 5.54. The van der Waals surface area contributed by atoms with Crippen LogP contribution in [0.2, 0.25) is 0 Å². The van der Waals surface area contributed by atoms with Crippen LogP contribution in [0, 0.1) is 5.82 Å². The molecule has 0 atom stereocenters. The molecule has 128 valence electrons. The fourth-order valence-electron chi connectivity index (χ4n) is 2.33. The second-order valence-corrected chi connectivity index (χ2v) is 7.31. The largest absolute Gasteiger partial charge is 0.488 e. The molecule has 1 N–H and O–H groups in total. The van der Waals surface area contributed by atoms with Gasteiger partial charge >= 0.3 is 0 Å². The van der Waals surface area contributed by atoms with Crippen LogP contribution >= 0.6 is 31.9 Å². The van der Waals surface area contributed by atoms with Gasteiger partial charge in [0, 0.05) is 16.7 Å².